The molecule has 0 bridgehead atoms. The molecule has 0 radical (unpaired) electrons. The topological polar surface area (TPSA) is 111 Å². The van der Waals surface area contributed by atoms with E-state index in [9.17, 15) is 24.1 Å². The molecule has 0 fully saturated rings. The molecule has 3 aromatic carbocycles. The maximum atomic E-state index is 13.6. The molecule has 30 heavy (non-hydrogen) atoms. The number of carbonyl (C=O) groups excluding carboxylic acids is 2. The highest BCUT2D eigenvalue weighted by Gasteiger charge is 2.15. The minimum atomic E-state index is -0.603. The van der Waals surface area contributed by atoms with Crippen LogP contribution >= 0.6 is 0 Å². The minimum absolute atomic E-state index is 0.0165. The third kappa shape index (κ3) is 5.16. The largest absolute Gasteiger partial charge is 0.483 e. The van der Waals surface area contributed by atoms with Gasteiger partial charge in [-0.2, -0.15) is 0 Å². The predicted octanol–water partition coefficient (Wildman–Crippen LogP) is 4.00. The van der Waals surface area contributed by atoms with Gasteiger partial charge in [0.15, 0.2) is 6.61 Å². The van der Waals surface area contributed by atoms with Crippen molar-refractivity contribution >= 4 is 28.9 Å². The summed E-state index contributed by atoms with van der Waals surface area (Å²) in [7, 11) is 0. The molecule has 0 atom stereocenters. The van der Waals surface area contributed by atoms with Gasteiger partial charge in [-0.05, 0) is 30.3 Å². The summed E-state index contributed by atoms with van der Waals surface area (Å²) in [5.74, 6) is -1.62. The highest BCUT2D eigenvalue weighted by Crippen LogP contribution is 2.22. The summed E-state index contributed by atoms with van der Waals surface area (Å²) in [4.78, 5) is 34.9. The van der Waals surface area contributed by atoms with Crippen LogP contribution < -0.4 is 15.4 Å². The Labute approximate surface area is 170 Å². The number of para-hydroxylation sites is 2. The number of ether oxygens (including phenoxy) is 1. The Morgan fingerprint density at radius 3 is 2.47 bits per heavy atom. The number of benzene rings is 3. The zero-order valence-corrected chi connectivity index (χ0v) is 15.5. The second-order valence-electron chi connectivity index (χ2n) is 6.07. The third-order valence-corrected chi connectivity index (χ3v) is 3.95. The second-order valence-corrected chi connectivity index (χ2v) is 6.07. The molecule has 9 heteroatoms. The molecule has 3 rings (SSSR count). The van der Waals surface area contributed by atoms with Gasteiger partial charge in [0.25, 0.3) is 17.5 Å². The fourth-order valence-electron chi connectivity index (χ4n) is 2.57. The molecule has 0 spiro atoms. The molecule has 0 heterocycles. The third-order valence-electron chi connectivity index (χ3n) is 3.95. The predicted molar refractivity (Wildman–Crippen MR) is 108 cm³/mol. The lowest BCUT2D eigenvalue weighted by atomic mass is 10.2. The van der Waals surface area contributed by atoms with E-state index in [2.05, 4.69) is 10.6 Å². The fourth-order valence-corrected chi connectivity index (χ4v) is 2.57. The van der Waals surface area contributed by atoms with E-state index in [0.717, 1.165) is 0 Å². The van der Waals surface area contributed by atoms with Crippen molar-refractivity contribution in [3.63, 3.8) is 0 Å². The Morgan fingerprint density at radius 1 is 0.967 bits per heavy atom. The molecule has 0 aliphatic rings. The van der Waals surface area contributed by atoms with Gasteiger partial charge in [0, 0.05) is 17.8 Å². The van der Waals surface area contributed by atoms with Crippen LogP contribution in [-0.4, -0.2) is 23.3 Å². The molecule has 3 aromatic rings. The number of non-ortho nitro benzene ring substituents is 1. The Morgan fingerprint density at radius 2 is 1.70 bits per heavy atom. The summed E-state index contributed by atoms with van der Waals surface area (Å²) in [5.41, 5.74) is 0.217. The number of hydrogen-bond acceptors (Lipinski definition) is 5. The first-order valence-electron chi connectivity index (χ1n) is 8.76. The van der Waals surface area contributed by atoms with Gasteiger partial charge in [-0.25, -0.2) is 4.39 Å². The molecule has 0 saturated heterocycles. The highest BCUT2D eigenvalue weighted by molar-refractivity contribution is 6.06. The van der Waals surface area contributed by atoms with Crippen molar-refractivity contribution in [1.82, 2.24) is 0 Å². The van der Waals surface area contributed by atoms with Crippen LogP contribution in [0.5, 0.6) is 5.75 Å². The second kappa shape index (κ2) is 9.28. The normalized spacial score (nSPS) is 10.2. The van der Waals surface area contributed by atoms with Gasteiger partial charge in [0.05, 0.1) is 16.2 Å². The first kappa shape index (κ1) is 20.5. The number of nitrogens with zero attached hydrogens (tertiary/aromatic N) is 1. The summed E-state index contributed by atoms with van der Waals surface area (Å²) in [6.07, 6.45) is 0. The lowest BCUT2D eigenvalue weighted by Crippen LogP contribution is -2.22. The number of halogens is 1. The first-order valence-corrected chi connectivity index (χ1v) is 8.76. The van der Waals surface area contributed by atoms with Crippen molar-refractivity contribution in [1.29, 1.82) is 0 Å². The van der Waals surface area contributed by atoms with Crippen LogP contribution in [0.2, 0.25) is 0 Å². The molecule has 0 saturated carbocycles. The fraction of sp³-hybridized carbons (Fsp3) is 0.0476. The van der Waals surface area contributed by atoms with E-state index in [-0.39, 0.29) is 28.4 Å². The number of rotatable bonds is 7. The molecule has 0 aliphatic carbocycles. The first-order chi connectivity index (χ1) is 14.4. The molecule has 0 aliphatic heterocycles. The number of nitro groups is 1. The van der Waals surface area contributed by atoms with Gasteiger partial charge in [-0.15, -0.1) is 0 Å². The Bertz CT molecular complexity index is 1100. The van der Waals surface area contributed by atoms with E-state index in [4.69, 9.17) is 4.74 Å². The maximum Gasteiger partial charge on any atom is 0.271 e. The lowest BCUT2D eigenvalue weighted by molar-refractivity contribution is -0.384. The molecule has 2 amide bonds. The quantitative estimate of drug-likeness (QED) is 0.453. The molecule has 8 nitrogen and oxygen atoms in total. The monoisotopic (exact) mass is 409 g/mol. The van der Waals surface area contributed by atoms with Gasteiger partial charge in [-0.1, -0.05) is 30.3 Å². The highest BCUT2D eigenvalue weighted by atomic mass is 19.1. The van der Waals surface area contributed by atoms with E-state index in [1.807, 2.05) is 0 Å². The zero-order chi connectivity index (χ0) is 21.5. The lowest BCUT2D eigenvalue weighted by Gasteiger charge is -2.12. The van der Waals surface area contributed by atoms with Crippen LogP contribution in [-0.2, 0) is 4.79 Å². The van der Waals surface area contributed by atoms with E-state index < -0.39 is 29.2 Å². The smallest absolute Gasteiger partial charge is 0.271 e. The summed E-state index contributed by atoms with van der Waals surface area (Å²) >= 11 is 0. The number of amides is 2. The average Bonchev–Trinajstić information content (AvgIpc) is 2.74. The number of carbonyl (C=O) groups is 2. The number of nitro benzene ring substituents is 1. The van der Waals surface area contributed by atoms with Gasteiger partial charge >= 0.3 is 0 Å². The SMILES string of the molecule is O=C(COc1ccccc1C(=O)Nc1cccc([N+](=O)[O-])c1)Nc1ccccc1F. The molecule has 0 aromatic heterocycles. The van der Waals surface area contributed by atoms with Crippen molar-refractivity contribution in [2.24, 2.45) is 0 Å². The van der Waals surface area contributed by atoms with Crippen molar-refractivity contribution in [2.75, 3.05) is 17.2 Å². The summed E-state index contributed by atoms with van der Waals surface area (Å²) < 4.78 is 19.0. The van der Waals surface area contributed by atoms with Crippen molar-refractivity contribution in [3.05, 3.63) is 94.3 Å². The van der Waals surface area contributed by atoms with Crippen LogP contribution in [0.3, 0.4) is 0 Å². The van der Waals surface area contributed by atoms with Gasteiger partial charge in [-0.3, -0.25) is 19.7 Å². The van der Waals surface area contributed by atoms with Crippen LogP contribution in [0, 0.1) is 15.9 Å². The van der Waals surface area contributed by atoms with E-state index in [0.29, 0.717) is 0 Å². The molecule has 0 unspecified atom stereocenters. The van der Waals surface area contributed by atoms with Gasteiger partial charge < -0.3 is 15.4 Å². The minimum Gasteiger partial charge on any atom is -0.483 e. The van der Waals surface area contributed by atoms with E-state index in [1.54, 1.807) is 18.2 Å². The summed E-state index contributed by atoms with van der Waals surface area (Å²) in [6.45, 7) is -0.449. The molecular weight excluding hydrogens is 393 g/mol. The number of hydrogen-bond donors (Lipinski definition) is 2. The van der Waals surface area contributed by atoms with Gasteiger partial charge in [0.1, 0.15) is 11.6 Å². The van der Waals surface area contributed by atoms with Crippen LogP contribution in [0.15, 0.2) is 72.8 Å². The Hall–Kier alpha value is -4.27. The van der Waals surface area contributed by atoms with Crippen molar-refractivity contribution in [3.8, 4) is 5.75 Å². The Balaban J connectivity index is 1.67. The van der Waals surface area contributed by atoms with E-state index >= 15 is 0 Å². The van der Waals surface area contributed by atoms with E-state index in [1.165, 1.54) is 54.6 Å². The molecule has 152 valence electrons. The van der Waals surface area contributed by atoms with Crippen molar-refractivity contribution < 1.29 is 23.6 Å². The van der Waals surface area contributed by atoms with Gasteiger partial charge in [0.2, 0.25) is 0 Å². The number of anilines is 2. The average molecular weight is 409 g/mol. The summed E-state index contributed by atoms with van der Waals surface area (Å²) in [5, 5.41) is 15.8. The van der Waals surface area contributed by atoms with Crippen LogP contribution in [0.25, 0.3) is 0 Å². The number of nitrogens with one attached hydrogen (secondary N) is 2. The van der Waals surface area contributed by atoms with Crippen LogP contribution in [0.1, 0.15) is 10.4 Å². The zero-order valence-electron chi connectivity index (χ0n) is 15.5. The standard InChI is InChI=1S/C21H16FN3O5/c22-17-9-2-3-10-18(17)24-20(26)13-30-19-11-4-1-8-16(19)21(27)23-14-6-5-7-15(12-14)25(28)29/h1-12H,13H2,(H,23,27)(H,24,26). The summed E-state index contributed by atoms with van der Waals surface area (Å²) in [6, 6.07) is 17.4. The van der Waals surface area contributed by atoms with Crippen molar-refractivity contribution in [2.45, 2.75) is 0 Å². The maximum absolute atomic E-state index is 13.6. The molecule has 2 N–H and O–H groups in total. The molecular formula is C21H16FN3O5. The Kier molecular flexibility index (Phi) is 6.33. The van der Waals surface area contributed by atoms with Crippen LogP contribution in [0.4, 0.5) is 21.5 Å².